The smallest absolute Gasteiger partial charge is 0.319 e. The number of aromatic nitrogens is 1. The Labute approximate surface area is 233 Å². The SMILES string of the molecule is CCc1ccc2c(c1)c(N=NC(=O)C[N+](C)(C)C)c(O)n2Cc1cc(C(C)(C)C)c(O)c(C(C)(C)C)c1.[Cl-]. The minimum Gasteiger partial charge on any atom is -1.00 e. The Morgan fingerprint density at radius 2 is 1.47 bits per heavy atom. The molecule has 0 atom stereocenters. The molecular weight excluding hydrogens is 500 g/mol. The molecule has 1 amide bonds. The maximum absolute atomic E-state index is 12.4. The second kappa shape index (κ2) is 11.1. The lowest BCUT2D eigenvalue weighted by Gasteiger charge is -2.28. The Balaban J connectivity index is 0.00000507. The van der Waals surface area contributed by atoms with Crippen LogP contribution in [-0.4, -0.2) is 52.9 Å². The predicted molar refractivity (Wildman–Crippen MR) is 150 cm³/mol. The van der Waals surface area contributed by atoms with Crippen molar-refractivity contribution in [2.24, 2.45) is 10.2 Å². The molecule has 0 radical (unpaired) electrons. The number of hydrogen-bond donors (Lipinski definition) is 2. The number of hydrogen-bond acceptors (Lipinski definition) is 4. The van der Waals surface area contributed by atoms with Crippen molar-refractivity contribution in [1.82, 2.24) is 4.57 Å². The van der Waals surface area contributed by atoms with Gasteiger partial charge in [-0.25, -0.2) is 0 Å². The number of halogens is 1. The van der Waals surface area contributed by atoms with E-state index in [4.69, 9.17) is 0 Å². The fourth-order valence-electron chi connectivity index (χ4n) is 4.50. The molecule has 0 spiro atoms. The number of aryl methyl sites for hydroxylation is 1. The van der Waals surface area contributed by atoms with Crippen LogP contribution >= 0.6 is 0 Å². The van der Waals surface area contributed by atoms with Crippen LogP contribution in [0.3, 0.4) is 0 Å². The normalized spacial score (nSPS) is 12.8. The first-order valence-corrected chi connectivity index (χ1v) is 12.9. The highest BCUT2D eigenvalue weighted by molar-refractivity contribution is 5.96. The molecule has 0 saturated heterocycles. The molecule has 0 aliphatic rings. The van der Waals surface area contributed by atoms with E-state index in [1.165, 1.54) is 0 Å². The summed E-state index contributed by atoms with van der Waals surface area (Å²) in [6.07, 6.45) is 0.834. The molecule has 0 unspecified atom stereocenters. The summed E-state index contributed by atoms with van der Waals surface area (Å²) in [5.41, 5.74) is 4.38. The van der Waals surface area contributed by atoms with Gasteiger partial charge in [-0.3, -0.25) is 4.79 Å². The van der Waals surface area contributed by atoms with Gasteiger partial charge in [0.25, 0.3) is 0 Å². The van der Waals surface area contributed by atoms with Gasteiger partial charge in [-0.2, -0.15) is 0 Å². The van der Waals surface area contributed by atoms with Gasteiger partial charge in [-0.05, 0) is 63.8 Å². The van der Waals surface area contributed by atoms with E-state index in [1.54, 1.807) is 4.57 Å². The van der Waals surface area contributed by atoms with Crippen molar-refractivity contribution in [2.75, 3.05) is 27.7 Å². The molecule has 0 aliphatic heterocycles. The lowest BCUT2D eigenvalue weighted by Crippen LogP contribution is -3.00. The molecule has 0 aliphatic carbocycles. The maximum atomic E-state index is 12.4. The number of likely N-dealkylation sites (N-methyl/N-ethyl adjacent to an activating group) is 1. The first kappa shape index (κ1) is 31.3. The van der Waals surface area contributed by atoms with Gasteiger partial charge in [-0.1, -0.05) is 54.5 Å². The third kappa shape index (κ3) is 6.94. The number of azo groups is 1. The average molecular weight is 543 g/mol. The minimum atomic E-state index is -0.345. The number of carbonyl (C=O) groups excluding carboxylic acids is 1. The first-order chi connectivity index (χ1) is 16.9. The molecule has 0 saturated carbocycles. The maximum Gasteiger partial charge on any atom is 0.319 e. The van der Waals surface area contributed by atoms with Crippen molar-refractivity contribution in [3.63, 3.8) is 0 Å². The second-order valence-electron chi connectivity index (χ2n) is 13.0. The van der Waals surface area contributed by atoms with Gasteiger partial charge in [0.15, 0.2) is 12.2 Å². The summed E-state index contributed by atoms with van der Waals surface area (Å²) < 4.78 is 2.25. The van der Waals surface area contributed by atoms with Crippen molar-refractivity contribution in [2.45, 2.75) is 72.3 Å². The van der Waals surface area contributed by atoms with E-state index in [2.05, 4.69) is 58.7 Å². The van der Waals surface area contributed by atoms with Gasteiger partial charge in [0.1, 0.15) is 5.75 Å². The van der Waals surface area contributed by atoms with Crippen LogP contribution in [0.1, 0.15) is 70.7 Å². The fraction of sp³-hybridized carbons (Fsp3) is 0.500. The highest BCUT2D eigenvalue weighted by atomic mass is 35.5. The summed E-state index contributed by atoms with van der Waals surface area (Å²) in [4.78, 5) is 12.4. The number of rotatable bonds is 6. The molecule has 38 heavy (non-hydrogen) atoms. The van der Waals surface area contributed by atoms with Gasteiger partial charge < -0.3 is 31.7 Å². The van der Waals surface area contributed by atoms with E-state index >= 15 is 0 Å². The van der Waals surface area contributed by atoms with Crippen LogP contribution in [0.4, 0.5) is 5.69 Å². The third-order valence-electron chi connectivity index (χ3n) is 6.48. The number of aromatic hydroxyl groups is 2. The van der Waals surface area contributed by atoms with E-state index in [0.717, 1.165) is 39.6 Å². The van der Waals surface area contributed by atoms with Crippen LogP contribution in [-0.2, 0) is 28.6 Å². The summed E-state index contributed by atoms with van der Waals surface area (Å²) in [5, 5.41) is 31.4. The lowest BCUT2D eigenvalue weighted by atomic mass is 9.78. The number of benzene rings is 2. The molecule has 2 aromatic carbocycles. The Morgan fingerprint density at radius 3 is 1.95 bits per heavy atom. The van der Waals surface area contributed by atoms with Crippen molar-refractivity contribution >= 4 is 22.5 Å². The van der Waals surface area contributed by atoms with E-state index in [-0.39, 0.29) is 41.6 Å². The molecule has 208 valence electrons. The molecule has 3 aromatic rings. The number of quaternary nitrogens is 1. The minimum absolute atomic E-state index is 0. The number of nitrogens with zero attached hydrogens (tertiary/aromatic N) is 4. The van der Waals surface area contributed by atoms with Crippen LogP contribution in [0.2, 0.25) is 0 Å². The lowest BCUT2D eigenvalue weighted by molar-refractivity contribution is -0.862. The molecule has 3 rings (SSSR count). The van der Waals surface area contributed by atoms with Crippen molar-refractivity contribution in [1.29, 1.82) is 0 Å². The Bertz CT molecular complexity index is 1320. The van der Waals surface area contributed by atoms with Crippen molar-refractivity contribution in [3.8, 4) is 11.6 Å². The summed E-state index contributed by atoms with van der Waals surface area (Å²) in [7, 11) is 5.75. The third-order valence-corrected chi connectivity index (χ3v) is 6.48. The number of fused-ring (bicyclic) bond motifs is 1. The van der Waals surface area contributed by atoms with E-state index in [9.17, 15) is 15.0 Å². The summed E-state index contributed by atoms with van der Waals surface area (Å²) in [6, 6.07) is 10.1. The highest BCUT2D eigenvalue weighted by Crippen LogP contribution is 2.43. The van der Waals surface area contributed by atoms with Gasteiger partial charge >= 0.3 is 5.91 Å². The molecular formula is C30H43ClN4O3. The first-order valence-electron chi connectivity index (χ1n) is 12.9. The Kier molecular flexibility index (Phi) is 9.12. The second-order valence-corrected chi connectivity index (χ2v) is 13.0. The van der Waals surface area contributed by atoms with Gasteiger partial charge in [0, 0.05) is 5.39 Å². The van der Waals surface area contributed by atoms with Gasteiger partial charge in [0.05, 0.1) is 33.2 Å². The van der Waals surface area contributed by atoms with E-state index in [1.807, 2.05) is 51.5 Å². The molecule has 1 heterocycles. The molecule has 0 bridgehead atoms. The number of carbonyl (C=O) groups is 1. The monoisotopic (exact) mass is 542 g/mol. The van der Waals surface area contributed by atoms with Crippen LogP contribution in [0.25, 0.3) is 10.9 Å². The topological polar surface area (TPSA) is 87.2 Å². The highest BCUT2D eigenvalue weighted by Gasteiger charge is 2.27. The summed E-state index contributed by atoms with van der Waals surface area (Å²) in [6.45, 7) is 15.2. The zero-order valence-corrected chi connectivity index (χ0v) is 25.2. The quantitative estimate of drug-likeness (QED) is 0.369. The fourth-order valence-corrected chi connectivity index (χ4v) is 4.50. The zero-order valence-electron chi connectivity index (χ0n) is 24.5. The summed E-state index contributed by atoms with van der Waals surface area (Å²) >= 11 is 0. The molecule has 7 nitrogen and oxygen atoms in total. The molecule has 8 heteroatoms. The molecule has 1 aromatic heterocycles. The van der Waals surface area contributed by atoms with Gasteiger partial charge in [-0.15, -0.1) is 10.2 Å². The van der Waals surface area contributed by atoms with Crippen LogP contribution < -0.4 is 12.4 Å². The number of phenolic OH excluding ortho intramolecular Hbond substituents is 1. The van der Waals surface area contributed by atoms with Crippen molar-refractivity contribution < 1.29 is 31.9 Å². The number of phenols is 1. The van der Waals surface area contributed by atoms with E-state index in [0.29, 0.717) is 22.5 Å². The largest absolute Gasteiger partial charge is 1.00 e. The van der Waals surface area contributed by atoms with Gasteiger partial charge in [0.2, 0.25) is 5.88 Å². The Morgan fingerprint density at radius 1 is 0.921 bits per heavy atom. The van der Waals surface area contributed by atoms with Crippen LogP contribution in [0.15, 0.2) is 40.6 Å². The van der Waals surface area contributed by atoms with Crippen LogP contribution in [0, 0.1) is 0 Å². The zero-order chi connectivity index (χ0) is 27.9. The molecule has 0 fully saturated rings. The Hall–Kier alpha value is -2.90. The van der Waals surface area contributed by atoms with E-state index < -0.39 is 0 Å². The average Bonchev–Trinajstić information content (AvgIpc) is 3.00. The van der Waals surface area contributed by atoms with Crippen LogP contribution in [0.5, 0.6) is 11.6 Å². The number of amides is 1. The van der Waals surface area contributed by atoms with Crippen molar-refractivity contribution in [3.05, 3.63) is 52.6 Å². The predicted octanol–water partition coefficient (Wildman–Crippen LogP) is 3.58. The summed E-state index contributed by atoms with van der Waals surface area (Å²) in [5.74, 6) is -0.0569. The standard InChI is InChI=1S/C30H42N4O3.ClH/c1-11-19-12-13-24-21(14-19)26(32-31-25(35)18-34(8,9)10)28(37)33(24)17-20-15-22(29(2,3)4)27(36)23(16-20)30(5,6)7;/h12-16H,11,17-18H2,1-10H3,(H-,31,35,36,37);1H. The molecule has 2 N–H and O–H groups in total.